The molecule has 4 nitrogen and oxygen atoms in total. The lowest BCUT2D eigenvalue weighted by Gasteiger charge is -2.07. The fourth-order valence-corrected chi connectivity index (χ4v) is 2.32. The molecule has 2 aliphatic heterocycles. The molecule has 0 saturated heterocycles. The Morgan fingerprint density at radius 1 is 1.38 bits per heavy atom. The van der Waals surface area contributed by atoms with E-state index < -0.39 is 5.76 Å². The lowest BCUT2D eigenvalue weighted by molar-refractivity contribution is 0.529. The van der Waals surface area contributed by atoms with Gasteiger partial charge in [0.05, 0.1) is 6.54 Å². The standard InChI is InChI=1S/C11H8N2O2S/c14-11-12-10-9(15-11)4-1-5-13(10)7-8-3-2-6-16-8/h1-6H,7H2. The van der Waals surface area contributed by atoms with Crippen molar-refractivity contribution in [1.29, 1.82) is 0 Å². The number of pyridine rings is 1. The molecule has 0 aromatic carbocycles. The highest BCUT2D eigenvalue weighted by atomic mass is 32.1. The maximum Gasteiger partial charge on any atom is 0.441 e. The Labute approximate surface area is 95.1 Å². The predicted molar refractivity (Wildman–Crippen MR) is 60.8 cm³/mol. The molecule has 80 valence electrons. The van der Waals surface area contributed by atoms with Crippen LogP contribution in [-0.4, -0.2) is 9.55 Å². The third kappa shape index (κ3) is 1.55. The zero-order valence-electron chi connectivity index (χ0n) is 8.29. The summed E-state index contributed by atoms with van der Waals surface area (Å²) in [6, 6.07) is 7.65. The van der Waals surface area contributed by atoms with Gasteiger partial charge in [-0.2, -0.15) is 4.98 Å². The summed E-state index contributed by atoms with van der Waals surface area (Å²) in [5.74, 6) is 0.589. The van der Waals surface area contributed by atoms with Crippen molar-refractivity contribution in [3.8, 4) is 11.6 Å². The summed E-state index contributed by atoms with van der Waals surface area (Å²) in [5, 5.41) is 2.03. The summed E-state index contributed by atoms with van der Waals surface area (Å²) in [6.07, 6.45) is 1.89. The fourth-order valence-electron chi connectivity index (χ4n) is 1.62. The van der Waals surface area contributed by atoms with Crippen LogP contribution in [0.15, 0.2) is 45.1 Å². The third-order valence-corrected chi connectivity index (χ3v) is 3.17. The molecule has 3 rings (SSSR count). The van der Waals surface area contributed by atoms with E-state index in [1.54, 1.807) is 17.4 Å². The first-order chi connectivity index (χ1) is 7.83. The van der Waals surface area contributed by atoms with E-state index in [9.17, 15) is 4.79 Å². The van der Waals surface area contributed by atoms with Gasteiger partial charge in [-0.05, 0) is 23.6 Å². The lowest BCUT2D eigenvalue weighted by Crippen LogP contribution is -2.04. The first kappa shape index (κ1) is 9.35. The monoisotopic (exact) mass is 232 g/mol. The number of thiophene rings is 1. The minimum atomic E-state index is -0.541. The van der Waals surface area contributed by atoms with Crippen molar-refractivity contribution in [3.63, 3.8) is 0 Å². The molecule has 0 spiro atoms. The van der Waals surface area contributed by atoms with Crippen LogP contribution in [0.5, 0.6) is 0 Å². The number of nitrogens with zero attached hydrogens (tertiary/aromatic N) is 2. The van der Waals surface area contributed by atoms with E-state index >= 15 is 0 Å². The number of hydrogen-bond acceptors (Lipinski definition) is 4. The smallest absolute Gasteiger partial charge is 0.405 e. The van der Waals surface area contributed by atoms with Gasteiger partial charge < -0.3 is 8.98 Å². The molecule has 1 aromatic heterocycles. The summed E-state index contributed by atoms with van der Waals surface area (Å²) in [4.78, 5) is 16.1. The van der Waals surface area contributed by atoms with E-state index in [1.807, 2.05) is 28.3 Å². The van der Waals surface area contributed by atoms with Crippen molar-refractivity contribution in [1.82, 2.24) is 9.55 Å². The molecular weight excluding hydrogens is 224 g/mol. The zero-order chi connectivity index (χ0) is 11.0. The maximum absolute atomic E-state index is 11.1. The highest BCUT2D eigenvalue weighted by Gasteiger charge is 2.13. The summed E-state index contributed by atoms with van der Waals surface area (Å²) in [6.45, 7) is 0.709. The SMILES string of the molecule is O=c1nc2n(Cc3cccs3)cccc-2o1. The number of fused-ring (bicyclic) bond motifs is 1. The molecule has 0 radical (unpaired) electrons. The van der Waals surface area contributed by atoms with E-state index in [0.717, 1.165) is 0 Å². The molecule has 3 heterocycles. The lowest BCUT2D eigenvalue weighted by atomic mass is 10.3. The second kappa shape index (κ2) is 3.61. The van der Waals surface area contributed by atoms with Crippen LogP contribution in [0, 0.1) is 0 Å². The van der Waals surface area contributed by atoms with Gasteiger partial charge in [0.15, 0.2) is 11.6 Å². The van der Waals surface area contributed by atoms with Gasteiger partial charge in [-0.25, -0.2) is 4.79 Å². The van der Waals surface area contributed by atoms with Gasteiger partial charge in [0.25, 0.3) is 0 Å². The Balaban J connectivity index is 2.07. The molecule has 0 fully saturated rings. The second-order valence-corrected chi connectivity index (χ2v) is 4.42. The van der Waals surface area contributed by atoms with E-state index in [2.05, 4.69) is 11.1 Å². The van der Waals surface area contributed by atoms with Crippen LogP contribution in [0.25, 0.3) is 11.6 Å². The van der Waals surface area contributed by atoms with Crippen molar-refractivity contribution in [2.45, 2.75) is 6.54 Å². The van der Waals surface area contributed by atoms with Crippen LogP contribution in [0.2, 0.25) is 0 Å². The van der Waals surface area contributed by atoms with Crippen molar-refractivity contribution >= 4 is 11.3 Å². The average molecular weight is 232 g/mol. The Morgan fingerprint density at radius 2 is 2.31 bits per heavy atom. The summed E-state index contributed by atoms with van der Waals surface area (Å²) in [7, 11) is 0. The van der Waals surface area contributed by atoms with E-state index in [0.29, 0.717) is 18.1 Å². The topological polar surface area (TPSA) is 48.0 Å². The highest BCUT2D eigenvalue weighted by Crippen LogP contribution is 2.19. The second-order valence-electron chi connectivity index (χ2n) is 3.38. The van der Waals surface area contributed by atoms with Crippen LogP contribution < -0.4 is 5.76 Å². The maximum atomic E-state index is 11.1. The number of hydrogen-bond donors (Lipinski definition) is 0. The molecule has 0 amide bonds. The number of oxazole rings is 1. The average Bonchev–Trinajstić information content (AvgIpc) is 2.86. The zero-order valence-corrected chi connectivity index (χ0v) is 9.11. The van der Waals surface area contributed by atoms with Crippen LogP contribution >= 0.6 is 11.3 Å². The Kier molecular flexibility index (Phi) is 2.11. The molecule has 0 aliphatic carbocycles. The summed E-state index contributed by atoms with van der Waals surface area (Å²) < 4.78 is 6.85. The highest BCUT2D eigenvalue weighted by molar-refractivity contribution is 7.09. The molecule has 5 heteroatoms. The normalized spacial score (nSPS) is 11.0. The van der Waals surface area contributed by atoms with Gasteiger partial charge in [-0.3, -0.25) is 0 Å². The van der Waals surface area contributed by atoms with Crippen molar-refractivity contribution < 1.29 is 4.42 Å². The third-order valence-electron chi connectivity index (χ3n) is 2.31. The quantitative estimate of drug-likeness (QED) is 0.679. The largest absolute Gasteiger partial charge is 0.441 e. The van der Waals surface area contributed by atoms with Gasteiger partial charge >= 0.3 is 5.76 Å². The van der Waals surface area contributed by atoms with Crippen LogP contribution in [-0.2, 0) is 6.54 Å². The summed E-state index contributed by atoms with van der Waals surface area (Å²) in [5.41, 5.74) is 0. The van der Waals surface area contributed by atoms with Gasteiger partial charge in [-0.1, -0.05) is 6.07 Å². The first-order valence-electron chi connectivity index (χ1n) is 4.81. The van der Waals surface area contributed by atoms with Crippen molar-refractivity contribution in [3.05, 3.63) is 51.3 Å². The van der Waals surface area contributed by atoms with E-state index in [4.69, 9.17) is 4.42 Å². The van der Waals surface area contributed by atoms with Crippen LogP contribution in [0.4, 0.5) is 0 Å². The Bertz CT molecular complexity index is 624. The van der Waals surface area contributed by atoms with Gasteiger partial charge in [0.2, 0.25) is 0 Å². The molecule has 0 N–H and O–H groups in total. The molecule has 0 atom stereocenters. The Morgan fingerprint density at radius 3 is 3.12 bits per heavy atom. The molecule has 0 saturated carbocycles. The van der Waals surface area contributed by atoms with Crippen LogP contribution in [0.1, 0.15) is 4.88 Å². The number of rotatable bonds is 2. The molecular formula is C11H8N2O2S. The van der Waals surface area contributed by atoms with Crippen LogP contribution in [0.3, 0.4) is 0 Å². The Hall–Kier alpha value is -1.88. The first-order valence-corrected chi connectivity index (χ1v) is 5.69. The minimum absolute atomic E-state index is 0.532. The van der Waals surface area contributed by atoms with Gasteiger partial charge in [0.1, 0.15) is 0 Å². The molecule has 0 unspecified atom stereocenters. The molecule has 0 bridgehead atoms. The van der Waals surface area contributed by atoms with Gasteiger partial charge in [0, 0.05) is 11.1 Å². The van der Waals surface area contributed by atoms with Crippen molar-refractivity contribution in [2.24, 2.45) is 0 Å². The van der Waals surface area contributed by atoms with Crippen molar-refractivity contribution in [2.75, 3.05) is 0 Å². The molecule has 2 aliphatic rings. The van der Waals surface area contributed by atoms with E-state index in [1.165, 1.54) is 4.88 Å². The van der Waals surface area contributed by atoms with Gasteiger partial charge in [-0.15, -0.1) is 11.3 Å². The fraction of sp³-hybridized carbons (Fsp3) is 0.0909. The number of aromatic nitrogens is 2. The minimum Gasteiger partial charge on any atom is -0.405 e. The molecule has 16 heavy (non-hydrogen) atoms. The molecule has 1 aromatic rings. The summed E-state index contributed by atoms with van der Waals surface area (Å²) >= 11 is 1.68. The van der Waals surface area contributed by atoms with E-state index in [-0.39, 0.29) is 0 Å². The predicted octanol–water partition coefficient (Wildman–Crippen LogP) is 2.05.